The van der Waals surface area contributed by atoms with E-state index >= 15 is 0 Å². The zero-order valence-electron chi connectivity index (χ0n) is 10.4. The first kappa shape index (κ1) is 12.4. The summed E-state index contributed by atoms with van der Waals surface area (Å²) in [6.07, 6.45) is 1.14. The summed E-state index contributed by atoms with van der Waals surface area (Å²) in [6.45, 7) is 6.58. The lowest BCUT2D eigenvalue weighted by molar-refractivity contribution is -0.141. The van der Waals surface area contributed by atoms with Crippen LogP contribution in [0.3, 0.4) is 0 Å². The zero-order valence-corrected chi connectivity index (χ0v) is 10.4. The lowest BCUT2D eigenvalue weighted by Crippen LogP contribution is -2.40. The molecule has 1 N–H and O–H groups in total. The molecule has 0 aliphatic carbocycles. The Morgan fingerprint density at radius 3 is 2.59 bits per heavy atom. The maximum absolute atomic E-state index is 11.8. The van der Waals surface area contributed by atoms with Gasteiger partial charge in [0.15, 0.2) is 0 Å². The Morgan fingerprint density at radius 1 is 1.41 bits per heavy atom. The molecule has 0 aromatic heterocycles. The summed E-state index contributed by atoms with van der Waals surface area (Å²) in [4.78, 5) is 26.8. The van der Waals surface area contributed by atoms with Crippen LogP contribution in [-0.2, 0) is 9.59 Å². The molecule has 2 aliphatic rings. The van der Waals surface area contributed by atoms with Crippen LogP contribution in [0.4, 0.5) is 0 Å². The van der Waals surface area contributed by atoms with Crippen molar-refractivity contribution in [3.05, 3.63) is 0 Å². The molecule has 5 heteroatoms. The first-order valence-electron chi connectivity index (χ1n) is 6.25. The fourth-order valence-electron chi connectivity index (χ4n) is 2.74. The van der Waals surface area contributed by atoms with E-state index in [1.165, 1.54) is 0 Å². The number of hydrogen-bond acceptors (Lipinski definition) is 3. The molecule has 0 aromatic rings. The molecular formula is C12H20N2O3. The van der Waals surface area contributed by atoms with Gasteiger partial charge in [-0.05, 0) is 20.3 Å². The van der Waals surface area contributed by atoms with Gasteiger partial charge in [0.25, 0.3) is 0 Å². The molecule has 0 saturated carbocycles. The van der Waals surface area contributed by atoms with Gasteiger partial charge in [0.05, 0.1) is 5.92 Å². The molecule has 2 rings (SSSR count). The fraction of sp³-hybridized carbons (Fsp3) is 0.833. The quantitative estimate of drug-likeness (QED) is 0.776. The summed E-state index contributed by atoms with van der Waals surface area (Å²) in [5.74, 6) is -1.34. The predicted octanol–water partition coefficient (Wildman–Crippen LogP) is 0.402. The number of amides is 1. The second kappa shape index (κ2) is 4.64. The number of rotatable bonds is 3. The van der Waals surface area contributed by atoms with E-state index in [1.807, 2.05) is 0 Å². The number of carboxylic acids is 1. The van der Waals surface area contributed by atoms with Gasteiger partial charge in [0.1, 0.15) is 0 Å². The van der Waals surface area contributed by atoms with Crippen LogP contribution in [0.15, 0.2) is 0 Å². The molecular weight excluding hydrogens is 220 g/mol. The SMILES string of the molecule is CC(C)N1CCC(N2CC(C(=O)O)CC2=O)C1. The highest BCUT2D eigenvalue weighted by Crippen LogP contribution is 2.25. The van der Waals surface area contributed by atoms with Crippen LogP contribution in [0.5, 0.6) is 0 Å². The third-order valence-corrected chi connectivity index (χ3v) is 3.87. The molecule has 1 amide bonds. The van der Waals surface area contributed by atoms with Gasteiger partial charge in [-0.1, -0.05) is 0 Å². The van der Waals surface area contributed by atoms with Gasteiger partial charge in [-0.25, -0.2) is 0 Å². The average Bonchev–Trinajstić information content (AvgIpc) is 2.83. The zero-order chi connectivity index (χ0) is 12.6. The number of carbonyl (C=O) groups excluding carboxylic acids is 1. The molecule has 2 heterocycles. The first-order valence-corrected chi connectivity index (χ1v) is 6.25. The molecule has 96 valence electrons. The molecule has 0 radical (unpaired) electrons. The van der Waals surface area contributed by atoms with Crippen LogP contribution in [-0.4, -0.2) is 58.5 Å². The molecule has 2 atom stereocenters. The Morgan fingerprint density at radius 2 is 2.12 bits per heavy atom. The van der Waals surface area contributed by atoms with E-state index in [4.69, 9.17) is 5.11 Å². The van der Waals surface area contributed by atoms with Crippen molar-refractivity contribution < 1.29 is 14.7 Å². The van der Waals surface area contributed by atoms with E-state index in [2.05, 4.69) is 18.7 Å². The summed E-state index contributed by atoms with van der Waals surface area (Å²) in [5, 5.41) is 8.94. The lowest BCUT2D eigenvalue weighted by atomic mass is 10.1. The van der Waals surface area contributed by atoms with Crippen LogP contribution in [0.25, 0.3) is 0 Å². The minimum atomic E-state index is -0.848. The smallest absolute Gasteiger partial charge is 0.308 e. The van der Waals surface area contributed by atoms with Crippen LogP contribution >= 0.6 is 0 Å². The summed E-state index contributed by atoms with van der Waals surface area (Å²) in [7, 11) is 0. The molecule has 2 fully saturated rings. The van der Waals surface area contributed by atoms with Gasteiger partial charge in [-0.3, -0.25) is 14.5 Å². The van der Waals surface area contributed by atoms with Crippen LogP contribution in [0.1, 0.15) is 26.7 Å². The summed E-state index contributed by atoms with van der Waals surface area (Å²) < 4.78 is 0. The summed E-state index contributed by atoms with van der Waals surface area (Å²) >= 11 is 0. The van der Waals surface area contributed by atoms with Crippen molar-refractivity contribution in [3.8, 4) is 0 Å². The number of carbonyl (C=O) groups is 2. The van der Waals surface area contributed by atoms with Gasteiger partial charge in [-0.2, -0.15) is 0 Å². The van der Waals surface area contributed by atoms with E-state index in [-0.39, 0.29) is 18.4 Å². The van der Waals surface area contributed by atoms with Crippen molar-refractivity contribution in [2.45, 2.75) is 38.8 Å². The predicted molar refractivity (Wildman–Crippen MR) is 62.6 cm³/mol. The van der Waals surface area contributed by atoms with E-state index in [9.17, 15) is 9.59 Å². The van der Waals surface area contributed by atoms with E-state index in [0.717, 1.165) is 19.5 Å². The van der Waals surface area contributed by atoms with Gasteiger partial charge in [0, 0.05) is 38.1 Å². The monoisotopic (exact) mass is 240 g/mol. The van der Waals surface area contributed by atoms with Crippen LogP contribution in [0, 0.1) is 5.92 Å². The number of aliphatic carboxylic acids is 1. The second-order valence-electron chi connectivity index (χ2n) is 5.32. The van der Waals surface area contributed by atoms with Crippen molar-refractivity contribution in [3.63, 3.8) is 0 Å². The summed E-state index contributed by atoms with van der Waals surface area (Å²) in [6, 6.07) is 0.710. The normalized spacial score (nSPS) is 30.5. The largest absolute Gasteiger partial charge is 0.481 e. The Hall–Kier alpha value is -1.10. The molecule has 2 unspecified atom stereocenters. The molecule has 17 heavy (non-hydrogen) atoms. The minimum absolute atomic E-state index is 0.00741. The highest BCUT2D eigenvalue weighted by atomic mass is 16.4. The van der Waals surface area contributed by atoms with E-state index in [1.54, 1.807) is 4.90 Å². The van der Waals surface area contributed by atoms with Gasteiger partial charge >= 0.3 is 5.97 Å². The number of carboxylic acid groups (broad SMARTS) is 1. The van der Waals surface area contributed by atoms with E-state index < -0.39 is 11.9 Å². The number of hydrogen-bond donors (Lipinski definition) is 1. The van der Waals surface area contributed by atoms with E-state index in [0.29, 0.717) is 12.6 Å². The molecule has 0 aromatic carbocycles. The Kier molecular flexibility index (Phi) is 3.38. The van der Waals surface area contributed by atoms with Gasteiger partial charge < -0.3 is 10.0 Å². The Balaban J connectivity index is 1.96. The van der Waals surface area contributed by atoms with Crippen molar-refractivity contribution >= 4 is 11.9 Å². The molecule has 0 spiro atoms. The molecule has 5 nitrogen and oxygen atoms in total. The average molecular weight is 240 g/mol. The summed E-state index contributed by atoms with van der Waals surface area (Å²) in [5.41, 5.74) is 0. The third kappa shape index (κ3) is 2.44. The maximum atomic E-state index is 11.8. The molecule has 2 saturated heterocycles. The lowest BCUT2D eigenvalue weighted by Gasteiger charge is -2.25. The second-order valence-corrected chi connectivity index (χ2v) is 5.32. The Labute approximate surface area is 101 Å². The van der Waals surface area contributed by atoms with Crippen LogP contribution in [0.2, 0.25) is 0 Å². The van der Waals surface area contributed by atoms with Crippen LogP contribution < -0.4 is 0 Å². The molecule has 0 bridgehead atoms. The van der Waals surface area contributed by atoms with Crippen molar-refractivity contribution in [2.75, 3.05) is 19.6 Å². The maximum Gasteiger partial charge on any atom is 0.308 e. The fourth-order valence-corrected chi connectivity index (χ4v) is 2.74. The van der Waals surface area contributed by atoms with Gasteiger partial charge in [-0.15, -0.1) is 0 Å². The minimum Gasteiger partial charge on any atom is -0.481 e. The van der Waals surface area contributed by atoms with Crippen molar-refractivity contribution in [1.82, 2.24) is 9.80 Å². The number of nitrogens with zero attached hydrogens (tertiary/aromatic N) is 2. The highest BCUT2D eigenvalue weighted by molar-refractivity contribution is 5.86. The van der Waals surface area contributed by atoms with Crippen molar-refractivity contribution in [2.24, 2.45) is 5.92 Å². The standard InChI is InChI=1S/C12H20N2O3/c1-8(2)13-4-3-10(7-13)14-6-9(12(16)17)5-11(14)15/h8-10H,3-7H2,1-2H3,(H,16,17). The number of likely N-dealkylation sites (tertiary alicyclic amines) is 2. The Bertz CT molecular complexity index is 330. The topological polar surface area (TPSA) is 60.9 Å². The third-order valence-electron chi connectivity index (χ3n) is 3.87. The van der Waals surface area contributed by atoms with Gasteiger partial charge in [0.2, 0.25) is 5.91 Å². The molecule has 2 aliphatic heterocycles. The highest BCUT2D eigenvalue weighted by Gasteiger charge is 2.40. The first-order chi connectivity index (χ1) is 7.99. The van der Waals surface area contributed by atoms with Crippen molar-refractivity contribution in [1.29, 1.82) is 0 Å².